The number of nitrogens with one attached hydrogen (secondary N) is 1. The molecule has 1 N–H and O–H groups in total. The highest BCUT2D eigenvalue weighted by Crippen LogP contribution is 2.16. The molecule has 0 aliphatic heterocycles. The number of carbonyl (C=O) groups excluding carboxylic acids is 2. The molecule has 0 saturated carbocycles. The van der Waals surface area contributed by atoms with E-state index in [0.717, 1.165) is 16.8 Å². The molecule has 24 heavy (non-hydrogen) atoms. The van der Waals surface area contributed by atoms with Gasteiger partial charge >= 0.3 is 0 Å². The molecule has 0 spiro atoms. The van der Waals surface area contributed by atoms with Crippen LogP contribution in [0.1, 0.15) is 45.7 Å². The van der Waals surface area contributed by atoms with Crippen LogP contribution in [0.4, 0.5) is 5.69 Å². The third kappa shape index (κ3) is 4.22. The molecule has 126 valence electrons. The van der Waals surface area contributed by atoms with E-state index >= 15 is 0 Å². The second-order valence-electron chi connectivity index (χ2n) is 5.89. The molecule has 0 atom stereocenters. The topological polar surface area (TPSA) is 49.4 Å². The number of hydrogen-bond acceptors (Lipinski definition) is 2. The monoisotopic (exact) mass is 324 g/mol. The van der Waals surface area contributed by atoms with Gasteiger partial charge in [0.15, 0.2) is 0 Å². The number of hydrogen-bond donors (Lipinski definition) is 1. The van der Waals surface area contributed by atoms with Crippen LogP contribution in [0.2, 0.25) is 0 Å². The third-order valence-corrected chi connectivity index (χ3v) is 3.90. The lowest BCUT2D eigenvalue weighted by Gasteiger charge is -2.18. The Morgan fingerprint density at radius 2 is 1.50 bits per heavy atom. The fourth-order valence-corrected chi connectivity index (χ4v) is 2.74. The van der Waals surface area contributed by atoms with Gasteiger partial charge in [-0.05, 0) is 69.2 Å². The molecule has 4 nitrogen and oxygen atoms in total. The summed E-state index contributed by atoms with van der Waals surface area (Å²) in [5.41, 5.74) is 3.96. The van der Waals surface area contributed by atoms with Gasteiger partial charge in [-0.1, -0.05) is 12.1 Å². The van der Waals surface area contributed by atoms with E-state index in [1.54, 1.807) is 29.2 Å². The fourth-order valence-electron chi connectivity index (χ4n) is 2.74. The summed E-state index contributed by atoms with van der Waals surface area (Å²) < 4.78 is 0. The molecule has 0 heterocycles. The standard InChI is InChI=1S/C20H24N2O2/c1-5-22(6-2)20(24)17-9-7-8-16(13-17)19(23)21-18-11-14(3)10-15(4)12-18/h7-13H,5-6H2,1-4H3,(H,21,23). The predicted molar refractivity (Wildman–Crippen MR) is 97.6 cm³/mol. The molecule has 2 aromatic rings. The minimum absolute atomic E-state index is 0.0546. The number of aryl methyl sites for hydroxylation is 2. The van der Waals surface area contributed by atoms with E-state index in [1.807, 2.05) is 39.8 Å². The van der Waals surface area contributed by atoms with Gasteiger partial charge in [-0.2, -0.15) is 0 Å². The minimum Gasteiger partial charge on any atom is -0.339 e. The maximum absolute atomic E-state index is 12.5. The average Bonchev–Trinajstić information content (AvgIpc) is 2.55. The zero-order valence-corrected chi connectivity index (χ0v) is 14.7. The zero-order chi connectivity index (χ0) is 17.7. The number of carbonyl (C=O) groups is 2. The Labute approximate surface area is 143 Å². The Morgan fingerprint density at radius 3 is 2.08 bits per heavy atom. The zero-order valence-electron chi connectivity index (χ0n) is 14.7. The van der Waals surface area contributed by atoms with Crippen LogP contribution in [0, 0.1) is 13.8 Å². The smallest absolute Gasteiger partial charge is 0.255 e. The third-order valence-electron chi connectivity index (χ3n) is 3.90. The van der Waals surface area contributed by atoms with Crippen LogP contribution in [0.5, 0.6) is 0 Å². The van der Waals surface area contributed by atoms with Gasteiger partial charge in [0.1, 0.15) is 0 Å². The summed E-state index contributed by atoms with van der Waals surface area (Å²) in [5, 5.41) is 2.90. The predicted octanol–water partition coefficient (Wildman–Crippen LogP) is 4.04. The quantitative estimate of drug-likeness (QED) is 0.902. The second kappa shape index (κ2) is 7.77. The van der Waals surface area contributed by atoms with Gasteiger partial charge in [0, 0.05) is 29.9 Å². The Balaban J connectivity index is 2.21. The average molecular weight is 324 g/mol. The Bertz CT molecular complexity index is 729. The first kappa shape index (κ1) is 17.7. The highest BCUT2D eigenvalue weighted by Gasteiger charge is 2.15. The number of amides is 2. The van der Waals surface area contributed by atoms with E-state index < -0.39 is 0 Å². The molecule has 2 rings (SSSR count). The van der Waals surface area contributed by atoms with E-state index in [2.05, 4.69) is 11.4 Å². The van der Waals surface area contributed by atoms with Crippen molar-refractivity contribution in [2.45, 2.75) is 27.7 Å². The van der Waals surface area contributed by atoms with Crippen molar-refractivity contribution in [1.29, 1.82) is 0 Å². The molecular formula is C20H24N2O2. The largest absolute Gasteiger partial charge is 0.339 e. The summed E-state index contributed by atoms with van der Waals surface area (Å²) in [6.45, 7) is 9.16. The van der Waals surface area contributed by atoms with Gasteiger partial charge in [-0.3, -0.25) is 9.59 Å². The van der Waals surface area contributed by atoms with Crippen LogP contribution in [-0.2, 0) is 0 Å². The number of anilines is 1. The molecular weight excluding hydrogens is 300 g/mol. The van der Waals surface area contributed by atoms with Crippen LogP contribution >= 0.6 is 0 Å². The first-order chi connectivity index (χ1) is 11.4. The highest BCUT2D eigenvalue weighted by molar-refractivity contribution is 6.06. The molecule has 0 unspecified atom stereocenters. The van der Waals surface area contributed by atoms with Gasteiger partial charge in [0.25, 0.3) is 11.8 Å². The van der Waals surface area contributed by atoms with Crippen LogP contribution in [0.3, 0.4) is 0 Å². The van der Waals surface area contributed by atoms with Crippen molar-refractivity contribution in [2.75, 3.05) is 18.4 Å². The molecule has 0 saturated heterocycles. The number of nitrogens with zero attached hydrogens (tertiary/aromatic N) is 1. The normalized spacial score (nSPS) is 10.3. The fraction of sp³-hybridized carbons (Fsp3) is 0.300. The SMILES string of the molecule is CCN(CC)C(=O)c1cccc(C(=O)Nc2cc(C)cc(C)c2)c1. The van der Waals surface area contributed by atoms with Crippen LogP contribution in [0.15, 0.2) is 42.5 Å². The second-order valence-corrected chi connectivity index (χ2v) is 5.89. The van der Waals surface area contributed by atoms with Crippen molar-refractivity contribution in [1.82, 2.24) is 4.90 Å². The van der Waals surface area contributed by atoms with E-state index in [4.69, 9.17) is 0 Å². The van der Waals surface area contributed by atoms with Gasteiger partial charge in [0.05, 0.1) is 0 Å². The van der Waals surface area contributed by atoms with Crippen LogP contribution < -0.4 is 5.32 Å². The highest BCUT2D eigenvalue weighted by atomic mass is 16.2. The van der Waals surface area contributed by atoms with E-state index in [9.17, 15) is 9.59 Å². The molecule has 0 fully saturated rings. The molecule has 2 amide bonds. The summed E-state index contributed by atoms with van der Waals surface area (Å²) in [7, 11) is 0. The van der Waals surface area contributed by atoms with Crippen LogP contribution in [0.25, 0.3) is 0 Å². The number of benzene rings is 2. The molecule has 4 heteroatoms. The van der Waals surface area contributed by atoms with Crippen molar-refractivity contribution in [3.05, 3.63) is 64.7 Å². The van der Waals surface area contributed by atoms with Gasteiger partial charge in [-0.15, -0.1) is 0 Å². The summed E-state index contributed by atoms with van der Waals surface area (Å²) in [5.74, 6) is -0.268. The maximum atomic E-state index is 12.5. The molecule has 0 aromatic heterocycles. The molecule has 0 aliphatic carbocycles. The minimum atomic E-state index is -0.214. The Morgan fingerprint density at radius 1 is 0.917 bits per heavy atom. The van der Waals surface area contributed by atoms with Crippen molar-refractivity contribution in [3.63, 3.8) is 0 Å². The van der Waals surface area contributed by atoms with Gasteiger partial charge in [0.2, 0.25) is 0 Å². The van der Waals surface area contributed by atoms with E-state index in [-0.39, 0.29) is 11.8 Å². The van der Waals surface area contributed by atoms with Crippen molar-refractivity contribution in [3.8, 4) is 0 Å². The summed E-state index contributed by atoms with van der Waals surface area (Å²) in [6, 6.07) is 12.8. The molecule has 0 bridgehead atoms. The lowest BCUT2D eigenvalue weighted by Crippen LogP contribution is -2.30. The molecule has 0 aliphatic rings. The lowest BCUT2D eigenvalue weighted by molar-refractivity contribution is 0.0773. The van der Waals surface area contributed by atoms with Crippen molar-refractivity contribution in [2.24, 2.45) is 0 Å². The van der Waals surface area contributed by atoms with Gasteiger partial charge < -0.3 is 10.2 Å². The van der Waals surface area contributed by atoms with Gasteiger partial charge in [-0.25, -0.2) is 0 Å². The first-order valence-electron chi connectivity index (χ1n) is 8.23. The van der Waals surface area contributed by atoms with E-state index in [1.165, 1.54) is 0 Å². The summed E-state index contributed by atoms with van der Waals surface area (Å²) in [6.07, 6.45) is 0. The van der Waals surface area contributed by atoms with Crippen molar-refractivity contribution >= 4 is 17.5 Å². The molecule has 2 aromatic carbocycles. The Kier molecular flexibility index (Phi) is 5.74. The number of rotatable bonds is 5. The molecule has 0 radical (unpaired) electrons. The van der Waals surface area contributed by atoms with Crippen LogP contribution in [-0.4, -0.2) is 29.8 Å². The van der Waals surface area contributed by atoms with E-state index in [0.29, 0.717) is 24.2 Å². The van der Waals surface area contributed by atoms with Crippen molar-refractivity contribution < 1.29 is 9.59 Å². The maximum Gasteiger partial charge on any atom is 0.255 e. The lowest BCUT2D eigenvalue weighted by atomic mass is 10.1. The Hall–Kier alpha value is -2.62. The summed E-state index contributed by atoms with van der Waals surface area (Å²) >= 11 is 0. The summed E-state index contributed by atoms with van der Waals surface area (Å²) in [4.78, 5) is 26.6. The first-order valence-corrected chi connectivity index (χ1v) is 8.23.